The number of carbonyl (C=O) groups is 1. The number of nitrogens with zero attached hydrogens (tertiary/aromatic N) is 2. The Labute approximate surface area is 125 Å². The van der Waals surface area contributed by atoms with Crippen LogP contribution in [-0.2, 0) is 6.54 Å². The molecule has 1 N–H and O–H groups in total. The van der Waals surface area contributed by atoms with Crippen molar-refractivity contribution in [1.82, 2.24) is 14.9 Å². The Bertz CT molecular complexity index is 535. The standard InChI is InChI=1S/C16H21N3O2/c1-21-15-7-5-14(6-8-15)16(20)18-9-3-2-4-11-19-12-10-17-13-19/h5-8,10,12-13H,2-4,9,11H2,1H3,(H,18,20). The van der Waals surface area contributed by atoms with Gasteiger partial charge in [0.25, 0.3) is 5.91 Å². The molecule has 2 rings (SSSR count). The fourth-order valence-corrected chi connectivity index (χ4v) is 2.06. The molecule has 0 fully saturated rings. The van der Waals surface area contributed by atoms with Gasteiger partial charge in [-0.1, -0.05) is 0 Å². The lowest BCUT2D eigenvalue weighted by molar-refractivity contribution is 0.0953. The Hall–Kier alpha value is -2.30. The minimum Gasteiger partial charge on any atom is -0.497 e. The minimum atomic E-state index is -0.0349. The number of carbonyl (C=O) groups excluding carboxylic acids is 1. The first-order valence-electron chi connectivity index (χ1n) is 7.17. The molecule has 0 atom stereocenters. The molecule has 112 valence electrons. The Morgan fingerprint density at radius 3 is 2.71 bits per heavy atom. The number of aromatic nitrogens is 2. The van der Waals surface area contributed by atoms with Crippen LogP contribution in [0.5, 0.6) is 5.75 Å². The molecule has 21 heavy (non-hydrogen) atoms. The normalized spacial score (nSPS) is 10.3. The molecule has 1 aromatic heterocycles. The third-order valence-electron chi connectivity index (χ3n) is 3.29. The Kier molecular flexibility index (Phi) is 5.82. The first-order chi connectivity index (χ1) is 10.3. The third-order valence-corrected chi connectivity index (χ3v) is 3.29. The number of unbranched alkanes of at least 4 members (excludes halogenated alkanes) is 2. The van der Waals surface area contributed by atoms with Gasteiger partial charge in [0.15, 0.2) is 0 Å². The summed E-state index contributed by atoms with van der Waals surface area (Å²) in [5.74, 6) is 0.721. The van der Waals surface area contributed by atoms with Gasteiger partial charge in [-0.15, -0.1) is 0 Å². The quantitative estimate of drug-likeness (QED) is 0.759. The van der Waals surface area contributed by atoms with Gasteiger partial charge < -0.3 is 14.6 Å². The number of ether oxygens (including phenoxy) is 1. The summed E-state index contributed by atoms with van der Waals surface area (Å²) in [6.45, 7) is 1.68. The maximum atomic E-state index is 11.9. The van der Waals surface area contributed by atoms with Crippen LogP contribution >= 0.6 is 0 Å². The molecular formula is C16H21N3O2. The fourth-order valence-electron chi connectivity index (χ4n) is 2.06. The second-order valence-corrected chi connectivity index (χ2v) is 4.85. The van der Waals surface area contributed by atoms with E-state index in [0.29, 0.717) is 12.1 Å². The summed E-state index contributed by atoms with van der Waals surface area (Å²) >= 11 is 0. The van der Waals surface area contributed by atoms with Crippen LogP contribution in [0.3, 0.4) is 0 Å². The lowest BCUT2D eigenvalue weighted by atomic mass is 10.2. The van der Waals surface area contributed by atoms with Crippen molar-refractivity contribution < 1.29 is 9.53 Å². The summed E-state index contributed by atoms with van der Waals surface area (Å²) in [5.41, 5.74) is 0.661. The number of imidazole rings is 1. The average Bonchev–Trinajstić information content (AvgIpc) is 3.04. The van der Waals surface area contributed by atoms with Crippen molar-refractivity contribution in [2.24, 2.45) is 0 Å². The highest BCUT2D eigenvalue weighted by Crippen LogP contribution is 2.11. The highest BCUT2D eigenvalue weighted by Gasteiger charge is 2.04. The van der Waals surface area contributed by atoms with Crippen molar-refractivity contribution in [2.75, 3.05) is 13.7 Å². The van der Waals surface area contributed by atoms with Crippen molar-refractivity contribution in [3.05, 3.63) is 48.5 Å². The maximum absolute atomic E-state index is 11.9. The zero-order chi connectivity index (χ0) is 14.9. The number of methoxy groups -OCH3 is 1. The van der Waals surface area contributed by atoms with Gasteiger partial charge in [-0.2, -0.15) is 0 Å². The van der Waals surface area contributed by atoms with Gasteiger partial charge in [0, 0.05) is 31.0 Å². The van der Waals surface area contributed by atoms with Gasteiger partial charge in [0.1, 0.15) is 5.75 Å². The number of rotatable bonds is 8. The molecule has 5 nitrogen and oxygen atoms in total. The van der Waals surface area contributed by atoms with E-state index in [0.717, 1.165) is 31.6 Å². The summed E-state index contributed by atoms with van der Waals surface area (Å²) < 4.78 is 7.13. The van der Waals surface area contributed by atoms with Gasteiger partial charge in [0.2, 0.25) is 0 Å². The molecule has 0 aliphatic carbocycles. The van der Waals surface area contributed by atoms with Gasteiger partial charge >= 0.3 is 0 Å². The van der Waals surface area contributed by atoms with Crippen molar-refractivity contribution >= 4 is 5.91 Å². The van der Waals surface area contributed by atoms with Crippen molar-refractivity contribution in [3.63, 3.8) is 0 Å². The second kappa shape index (κ2) is 8.09. The summed E-state index contributed by atoms with van der Waals surface area (Å²) in [4.78, 5) is 15.9. The minimum absolute atomic E-state index is 0.0349. The largest absolute Gasteiger partial charge is 0.497 e. The molecule has 0 saturated carbocycles. The van der Waals surface area contributed by atoms with Crippen LogP contribution in [-0.4, -0.2) is 29.1 Å². The van der Waals surface area contributed by atoms with E-state index in [1.54, 1.807) is 37.6 Å². The van der Waals surface area contributed by atoms with E-state index in [-0.39, 0.29) is 5.91 Å². The van der Waals surface area contributed by atoms with Gasteiger partial charge in [0.05, 0.1) is 13.4 Å². The monoisotopic (exact) mass is 287 g/mol. The third kappa shape index (κ3) is 4.95. The number of nitrogens with one attached hydrogen (secondary N) is 1. The molecule has 0 radical (unpaired) electrons. The number of aryl methyl sites for hydroxylation is 1. The van der Waals surface area contributed by atoms with Crippen LogP contribution in [0, 0.1) is 0 Å². The summed E-state index contributed by atoms with van der Waals surface area (Å²) in [5, 5.41) is 2.93. The summed E-state index contributed by atoms with van der Waals surface area (Å²) in [6.07, 6.45) is 8.73. The van der Waals surface area contributed by atoms with E-state index in [9.17, 15) is 4.79 Å². The van der Waals surface area contributed by atoms with Crippen LogP contribution in [0.25, 0.3) is 0 Å². The first-order valence-corrected chi connectivity index (χ1v) is 7.17. The average molecular weight is 287 g/mol. The lowest BCUT2D eigenvalue weighted by Crippen LogP contribution is -2.24. The van der Waals surface area contributed by atoms with E-state index in [1.165, 1.54) is 0 Å². The van der Waals surface area contributed by atoms with Gasteiger partial charge in [-0.3, -0.25) is 4.79 Å². The van der Waals surface area contributed by atoms with Crippen molar-refractivity contribution in [3.8, 4) is 5.75 Å². The molecular weight excluding hydrogens is 266 g/mol. The molecule has 1 amide bonds. The Morgan fingerprint density at radius 2 is 2.05 bits per heavy atom. The number of amides is 1. The number of benzene rings is 1. The molecule has 5 heteroatoms. The number of hydrogen-bond acceptors (Lipinski definition) is 3. The van der Waals surface area contributed by atoms with Crippen molar-refractivity contribution in [1.29, 1.82) is 0 Å². The highest BCUT2D eigenvalue weighted by atomic mass is 16.5. The Balaban J connectivity index is 1.60. The number of hydrogen-bond donors (Lipinski definition) is 1. The zero-order valence-electron chi connectivity index (χ0n) is 12.3. The molecule has 0 saturated heterocycles. The Morgan fingerprint density at radius 1 is 1.24 bits per heavy atom. The predicted octanol–water partition coefficient (Wildman–Crippen LogP) is 2.49. The molecule has 1 aromatic carbocycles. The molecule has 0 bridgehead atoms. The summed E-state index contributed by atoms with van der Waals surface area (Å²) in [7, 11) is 1.61. The molecule has 0 aliphatic rings. The molecule has 0 unspecified atom stereocenters. The van der Waals surface area contributed by atoms with Crippen LogP contribution in [0.4, 0.5) is 0 Å². The SMILES string of the molecule is COc1ccc(C(=O)NCCCCCn2ccnc2)cc1. The smallest absolute Gasteiger partial charge is 0.251 e. The van der Waals surface area contributed by atoms with E-state index in [2.05, 4.69) is 14.9 Å². The van der Waals surface area contributed by atoms with Crippen LogP contribution < -0.4 is 10.1 Å². The summed E-state index contributed by atoms with van der Waals surface area (Å²) in [6, 6.07) is 7.13. The zero-order valence-corrected chi connectivity index (χ0v) is 12.3. The maximum Gasteiger partial charge on any atom is 0.251 e. The van der Waals surface area contributed by atoms with Gasteiger partial charge in [-0.25, -0.2) is 4.98 Å². The van der Waals surface area contributed by atoms with Crippen LogP contribution in [0.2, 0.25) is 0 Å². The van der Waals surface area contributed by atoms with E-state index >= 15 is 0 Å². The molecule has 2 aromatic rings. The fraction of sp³-hybridized carbons (Fsp3) is 0.375. The topological polar surface area (TPSA) is 56.1 Å². The van der Waals surface area contributed by atoms with Gasteiger partial charge in [-0.05, 0) is 43.5 Å². The highest BCUT2D eigenvalue weighted by molar-refractivity contribution is 5.94. The van der Waals surface area contributed by atoms with Crippen LogP contribution in [0.1, 0.15) is 29.6 Å². The molecule has 1 heterocycles. The van der Waals surface area contributed by atoms with Crippen molar-refractivity contribution in [2.45, 2.75) is 25.8 Å². The molecule has 0 spiro atoms. The first kappa shape index (κ1) is 15.1. The lowest BCUT2D eigenvalue weighted by Gasteiger charge is -2.06. The molecule has 0 aliphatic heterocycles. The second-order valence-electron chi connectivity index (χ2n) is 4.85. The predicted molar refractivity (Wildman–Crippen MR) is 81.4 cm³/mol. The van der Waals surface area contributed by atoms with E-state index in [4.69, 9.17) is 4.74 Å². The van der Waals surface area contributed by atoms with E-state index in [1.807, 2.05) is 12.5 Å². The van der Waals surface area contributed by atoms with E-state index < -0.39 is 0 Å². The van der Waals surface area contributed by atoms with Crippen LogP contribution in [0.15, 0.2) is 43.0 Å².